The van der Waals surface area contributed by atoms with Crippen molar-refractivity contribution >= 4 is 16.6 Å². The standard InChI is InChI=1S/C19H18N2O/c1-2-4-18-15(3-1)7-12-19(21-18)22-17-10-8-16(9-11-17)20-13-14-5-6-14/h1-4,7-12,14,20H,5-6,13H2. The van der Waals surface area contributed by atoms with Gasteiger partial charge in [0.1, 0.15) is 5.75 Å². The van der Waals surface area contributed by atoms with E-state index < -0.39 is 0 Å². The molecule has 0 bridgehead atoms. The molecule has 0 aliphatic heterocycles. The van der Waals surface area contributed by atoms with Crippen LogP contribution in [0.1, 0.15) is 12.8 Å². The lowest BCUT2D eigenvalue weighted by Crippen LogP contribution is -2.02. The van der Waals surface area contributed by atoms with E-state index in [4.69, 9.17) is 4.74 Å². The van der Waals surface area contributed by atoms with Gasteiger partial charge in [-0.2, -0.15) is 0 Å². The second-order valence-corrected chi connectivity index (χ2v) is 5.79. The van der Waals surface area contributed by atoms with Crippen molar-refractivity contribution in [2.75, 3.05) is 11.9 Å². The van der Waals surface area contributed by atoms with Gasteiger partial charge in [-0.1, -0.05) is 18.2 Å². The maximum absolute atomic E-state index is 5.84. The van der Waals surface area contributed by atoms with E-state index >= 15 is 0 Å². The third-order valence-corrected chi connectivity index (χ3v) is 3.94. The molecule has 1 aromatic heterocycles. The van der Waals surface area contributed by atoms with Crippen molar-refractivity contribution in [3.8, 4) is 11.6 Å². The lowest BCUT2D eigenvalue weighted by Gasteiger charge is -2.08. The number of pyridine rings is 1. The van der Waals surface area contributed by atoms with E-state index in [0.29, 0.717) is 5.88 Å². The number of nitrogens with zero attached hydrogens (tertiary/aromatic N) is 1. The van der Waals surface area contributed by atoms with Crippen LogP contribution in [0.5, 0.6) is 11.6 Å². The predicted octanol–water partition coefficient (Wildman–Crippen LogP) is 4.85. The lowest BCUT2D eigenvalue weighted by atomic mass is 10.2. The molecular formula is C19H18N2O. The number of ether oxygens (including phenoxy) is 1. The second-order valence-electron chi connectivity index (χ2n) is 5.79. The van der Waals surface area contributed by atoms with Crippen molar-refractivity contribution in [2.45, 2.75) is 12.8 Å². The van der Waals surface area contributed by atoms with E-state index in [1.807, 2.05) is 48.5 Å². The topological polar surface area (TPSA) is 34.1 Å². The van der Waals surface area contributed by atoms with E-state index in [9.17, 15) is 0 Å². The third kappa shape index (κ3) is 3.03. The van der Waals surface area contributed by atoms with Crippen LogP contribution in [-0.2, 0) is 0 Å². The Morgan fingerprint density at radius 1 is 0.955 bits per heavy atom. The largest absolute Gasteiger partial charge is 0.439 e. The second kappa shape index (κ2) is 5.68. The van der Waals surface area contributed by atoms with Crippen LogP contribution < -0.4 is 10.1 Å². The first kappa shape index (κ1) is 13.1. The molecule has 0 atom stereocenters. The highest BCUT2D eigenvalue weighted by Gasteiger charge is 2.20. The molecule has 22 heavy (non-hydrogen) atoms. The van der Waals surface area contributed by atoms with Crippen LogP contribution in [0.4, 0.5) is 5.69 Å². The quantitative estimate of drug-likeness (QED) is 0.729. The van der Waals surface area contributed by atoms with Gasteiger partial charge in [-0.05, 0) is 55.2 Å². The molecule has 1 fully saturated rings. The zero-order chi connectivity index (χ0) is 14.8. The summed E-state index contributed by atoms with van der Waals surface area (Å²) in [6, 6.07) is 20.0. The fraction of sp³-hybridized carbons (Fsp3) is 0.211. The molecule has 0 amide bonds. The summed E-state index contributed by atoms with van der Waals surface area (Å²) in [5.41, 5.74) is 2.09. The summed E-state index contributed by atoms with van der Waals surface area (Å²) in [4.78, 5) is 4.52. The molecule has 110 valence electrons. The third-order valence-electron chi connectivity index (χ3n) is 3.94. The monoisotopic (exact) mass is 290 g/mol. The van der Waals surface area contributed by atoms with E-state index in [-0.39, 0.29) is 0 Å². The first-order chi connectivity index (χ1) is 10.9. The summed E-state index contributed by atoms with van der Waals surface area (Å²) in [6.45, 7) is 1.08. The van der Waals surface area contributed by atoms with Gasteiger partial charge in [0.25, 0.3) is 0 Å². The molecule has 1 aliphatic rings. The van der Waals surface area contributed by atoms with Crippen LogP contribution in [0.2, 0.25) is 0 Å². The number of rotatable bonds is 5. The molecule has 3 heteroatoms. The summed E-state index contributed by atoms with van der Waals surface area (Å²) in [5, 5.41) is 4.57. The molecule has 3 nitrogen and oxygen atoms in total. The Morgan fingerprint density at radius 3 is 2.59 bits per heavy atom. The zero-order valence-electron chi connectivity index (χ0n) is 12.3. The van der Waals surface area contributed by atoms with Crippen molar-refractivity contribution in [1.29, 1.82) is 0 Å². The molecule has 0 saturated heterocycles. The zero-order valence-corrected chi connectivity index (χ0v) is 12.3. The maximum atomic E-state index is 5.84. The Kier molecular flexibility index (Phi) is 3.39. The number of hydrogen-bond donors (Lipinski definition) is 1. The van der Waals surface area contributed by atoms with Crippen LogP contribution in [0.25, 0.3) is 10.9 Å². The highest BCUT2D eigenvalue weighted by atomic mass is 16.5. The molecule has 1 aliphatic carbocycles. The Bertz CT molecular complexity index is 779. The first-order valence-corrected chi connectivity index (χ1v) is 7.74. The van der Waals surface area contributed by atoms with Gasteiger partial charge < -0.3 is 10.1 Å². The summed E-state index contributed by atoms with van der Waals surface area (Å²) in [5.74, 6) is 2.30. The average Bonchev–Trinajstić information content (AvgIpc) is 3.38. The van der Waals surface area contributed by atoms with Crippen molar-refractivity contribution < 1.29 is 4.74 Å². The Morgan fingerprint density at radius 2 is 1.77 bits per heavy atom. The summed E-state index contributed by atoms with van der Waals surface area (Å²) in [6.07, 6.45) is 2.73. The number of hydrogen-bond acceptors (Lipinski definition) is 3. The fourth-order valence-electron chi connectivity index (χ4n) is 2.45. The van der Waals surface area contributed by atoms with Crippen LogP contribution in [0, 0.1) is 5.92 Å². The fourth-order valence-corrected chi connectivity index (χ4v) is 2.45. The van der Waals surface area contributed by atoms with Gasteiger partial charge in [-0.25, -0.2) is 4.98 Å². The van der Waals surface area contributed by atoms with Gasteiger partial charge in [0.15, 0.2) is 0 Å². The van der Waals surface area contributed by atoms with Crippen LogP contribution in [0.3, 0.4) is 0 Å². The summed E-state index contributed by atoms with van der Waals surface area (Å²) in [7, 11) is 0. The number of fused-ring (bicyclic) bond motifs is 1. The van der Waals surface area contributed by atoms with Gasteiger partial charge in [-0.15, -0.1) is 0 Å². The number of benzene rings is 2. The molecule has 3 aromatic rings. The minimum Gasteiger partial charge on any atom is -0.439 e. The first-order valence-electron chi connectivity index (χ1n) is 7.74. The molecule has 4 rings (SSSR count). The number of aromatic nitrogens is 1. The maximum Gasteiger partial charge on any atom is 0.219 e. The van der Waals surface area contributed by atoms with Crippen LogP contribution >= 0.6 is 0 Å². The van der Waals surface area contributed by atoms with Crippen molar-refractivity contribution in [3.63, 3.8) is 0 Å². The smallest absolute Gasteiger partial charge is 0.219 e. The minimum absolute atomic E-state index is 0.623. The molecule has 1 saturated carbocycles. The van der Waals surface area contributed by atoms with E-state index in [1.165, 1.54) is 12.8 Å². The van der Waals surface area contributed by atoms with Crippen LogP contribution in [-0.4, -0.2) is 11.5 Å². The predicted molar refractivity (Wildman–Crippen MR) is 89.5 cm³/mol. The molecule has 1 heterocycles. The number of para-hydroxylation sites is 1. The highest BCUT2D eigenvalue weighted by Crippen LogP contribution is 2.29. The molecular weight excluding hydrogens is 272 g/mol. The van der Waals surface area contributed by atoms with E-state index in [2.05, 4.69) is 22.4 Å². The number of anilines is 1. The molecule has 0 radical (unpaired) electrons. The Balaban J connectivity index is 1.46. The average molecular weight is 290 g/mol. The molecule has 1 N–H and O–H groups in total. The lowest BCUT2D eigenvalue weighted by molar-refractivity contribution is 0.465. The van der Waals surface area contributed by atoms with Crippen molar-refractivity contribution in [3.05, 3.63) is 60.7 Å². The van der Waals surface area contributed by atoms with Crippen molar-refractivity contribution in [2.24, 2.45) is 5.92 Å². The van der Waals surface area contributed by atoms with Crippen LogP contribution in [0.15, 0.2) is 60.7 Å². The Labute approximate surface area is 130 Å². The molecule has 2 aromatic carbocycles. The van der Waals surface area contributed by atoms with Gasteiger partial charge in [0.05, 0.1) is 5.52 Å². The highest BCUT2D eigenvalue weighted by molar-refractivity contribution is 5.78. The van der Waals surface area contributed by atoms with E-state index in [0.717, 1.165) is 34.8 Å². The summed E-state index contributed by atoms with van der Waals surface area (Å²) >= 11 is 0. The molecule has 0 unspecified atom stereocenters. The van der Waals surface area contributed by atoms with Gasteiger partial charge in [0.2, 0.25) is 5.88 Å². The van der Waals surface area contributed by atoms with Gasteiger partial charge in [0, 0.05) is 23.7 Å². The van der Waals surface area contributed by atoms with E-state index in [1.54, 1.807) is 0 Å². The minimum atomic E-state index is 0.623. The van der Waals surface area contributed by atoms with Gasteiger partial charge >= 0.3 is 0 Å². The molecule has 0 spiro atoms. The Hall–Kier alpha value is -2.55. The summed E-state index contributed by atoms with van der Waals surface area (Å²) < 4.78 is 5.84. The normalized spacial score (nSPS) is 14.0. The number of nitrogens with one attached hydrogen (secondary N) is 1. The SMILES string of the molecule is c1ccc2nc(Oc3ccc(NCC4CC4)cc3)ccc2c1. The van der Waals surface area contributed by atoms with Crippen molar-refractivity contribution in [1.82, 2.24) is 4.98 Å². The van der Waals surface area contributed by atoms with Gasteiger partial charge in [-0.3, -0.25) is 0 Å².